The second-order valence-corrected chi connectivity index (χ2v) is 7.50. The van der Waals surface area contributed by atoms with Crippen LogP contribution in [0.15, 0.2) is 42.7 Å². The molecule has 3 heterocycles. The standard InChI is InChI=1S/C16H17N5O6S/c22-15(18-11-2-4-12(5-3-11)20-9-1-8-17-20)14-7-6-13-10-19(14)16(23)21(13)27-28(24,25)26/h1-5,8-9,13-14H,6-7,10H2,(H,18,22)(H,24,25,26)/t13?,14-/m0/s1. The Labute approximate surface area is 160 Å². The molecule has 0 radical (unpaired) electrons. The maximum atomic E-state index is 12.7. The van der Waals surface area contributed by atoms with Gasteiger partial charge >= 0.3 is 16.4 Å². The van der Waals surface area contributed by atoms with Crippen LogP contribution in [0.4, 0.5) is 10.5 Å². The zero-order chi connectivity index (χ0) is 19.9. The predicted octanol–water partition coefficient (Wildman–Crippen LogP) is 0.814. The van der Waals surface area contributed by atoms with Gasteiger partial charge in [-0.15, -0.1) is 4.28 Å². The van der Waals surface area contributed by atoms with Crippen molar-refractivity contribution in [1.29, 1.82) is 0 Å². The summed E-state index contributed by atoms with van der Waals surface area (Å²) in [6.45, 7) is 0.144. The van der Waals surface area contributed by atoms with Crippen molar-refractivity contribution in [3.05, 3.63) is 42.7 Å². The lowest BCUT2D eigenvalue weighted by Gasteiger charge is -2.29. The Morgan fingerprint density at radius 3 is 2.64 bits per heavy atom. The average molecular weight is 407 g/mol. The lowest BCUT2D eigenvalue weighted by molar-refractivity contribution is -0.120. The highest BCUT2D eigenvalue weighted by Gasteiger charge is 2.49. The Morgan fingerprint density at radius 2 is 2.00 bits per heavy atom. The highest BCUT2D eigenvalue weighted by molar-refractivity contribution is 7.80. The van der Waals surface area contributed by atoms with Crippen molar-refractivity contribution >= 4 is 28.0 Å². The molecule has 12 heteroatoms. The number of urea groups is 1. The molecule has 3 amide bonds. The lowest BCUT2D eigenvalue weighted by atomic mass is 10.0. The number of rotatable bonds is 5. The Balaban J connectivity index is 1.44. The Morgan fingerprint density at radius 1 is 1.25 bits per heavy atom. The number of carbonyl (C=O) groups is 2. The minimum absolute atomic E-state index is 0.144. The second-order valence-electron chi connectivity index (χ2n) is 6.50. The molecule has 11 nitrogen and oxygen atoms in total. The van der Waals surface area contributed by atoms with E-state index in [0.717, 1.165) is 5.69 Å². The third kappa shape index (κ3) is 3.56. The van der Waals surface area contributed by atoms with E-state index in [1.807, 2.05) is 0 Å². The van der Waals surface area contributed by atoms with Gasteiger partial charge in [-0.05, 0) is 43.2 Å². The van der Waals surface area contributed by atoms with Gasteiger partial charge in [-0.1, -0.05) is 0 Å². The summed E-state index contributed by atoms with van der Waals surface area (Å²) in [6, 6.07) is 6.77. The van der Waals surface area contributed by atoms with Crippen LogP contribution in [0.2, 0.25) is 0 Å². The Hall–Kier alpha value is -2.96. The minimum atomic E-state index is -4.82. The zero-order valence-corrected chi connectivity index (χ0v) is 15.3. The lowest BCUT2D eigenvalue weighted by Crippen LogP contribution is -2.47. The van der Waals surface area contributed by atoms with Crippen LogP contribution >= 0.6 is 0 Å². The number of amides is 3. The summed E-state index contributed by atoms with van der Waals surface area (Å²) in [4.78, 5) is 26.3. The van der Waals surface area contributed by atoms with Crippen molar-refractivity contribution in [2.75, 3.05) is 11.9 Å². The number of hydrogen-bond acceptors (Lipinski definition) is 6. The summed E-state index contributed by atoms with van der Waals surface area (Å²) in [5, 5.41) is 7.50. The average Bonchev–Trinajstić information content (AvgIpc) is 3.26. The molecule has 2 fully saturated rings. The monoisotopic (exact) mass is 407 g/mol. The molecule has 28 heavy (non-hydrogen) atoms. The fraction of sp³-hybridized carbons (Fsp3) is 0.312. The molecule has 2 aliphatic heterocycles. The molecular weight excluding hydrogens is 390 g/mol. The number of hydrogen-bond donors (Lipinski definition) is 2. The van der Waals surface area contributed by atoms with E-state index in [1.165, 1.54) is 4.90 Å². The summed E-state index contributed by atoms with van der Waals surface area (Å²) in [6.07, 6.45) is 4.17. The highest BCUT2D eigenvalue weighted by atomic mass is 32.3. The Bertz CT molecular complexity index is 991. The van der Waals surface area contributed by atoms with E-state index in [9.17, 15) is 18.0 Å². The van der Waals surface area contributed by atoms with Crippen LogP contribution in [0, 0.1) is 0 Å². The molecule has 1 aromatic heterocycles. The van der Waals surface area contributed by atoms with E-state index >= 15 is 0 Å². The van der Waals surface area contributed by atoms with E-state index in [2.05, 4.69) is 14.7 Å². The van der Waals surface area contributed by atoms with Crippen molar-refractivity contribution in [2.24, 2.45) is 0 Å². The van der Waals surface area contributed by atoms with Crippen molar-refractivity contribution in [1.82, 2.24) is 19.7 Å². The molecule has 2 N–H and O–H groups in total. The number of fused-ring (bicyclic) bond motifs is 2. The number of nitrogens with one attached hydrogen (secondary N) is 1. The first-order valence-electron chi connectivity index (χ1n) is 8.49. The molecule has 4 rings (SSSR count). The number of carbonyl (C=O) groups excluding carboxylic acids is 2. The van der Waals surface area contributed by atoms with Gasteiger partial charge in [0.15, 0.2) is 0 Å². The molecular formula is C16H17N5O6S. The number of hydroxylamine groups is 2. The maximum Gasteiger partial charge on any atom is 0.418 e. The van der Waals surface area contributed by atoms with Crippen molar-refractivity contribution in [3.63, 3.8) is 0 Å². The van der Waals surface area contributed by atoms with Crippen LogP contribution in [0.3, 0.4) is 0 Å². The molecule has 2 bridgehead atoms. The van der Waals surface area contributed by atoms with Gasteiger partial charge < -0.3 is 10.2 Å². The Kier molecular flexibility index (Phi) is 4.53. The first kappa shape index (κ1) is 18.4. The van der Waals surface area contributed by atoms with E-state index < -0.39 is 28.5 Å². The van der Waals surface area contributed by atoms with Crippen LogP contribution in [-0.2, 0) is 19.5 Å². The number of anilines is 1. The molecule has 1 aromatic carbocycles. The topological polar surface area (TPSA) is 134 Å². The van der Waals surface area contributed by atoms with Crippen LogP contribution in [0.1, 0.15) is 12.8 Å². The summed E-state index contributed by atoms with van der Waals surface area (Å²) < 4.78 is 36.7. The molecule has 2 aromatic rings. The summed E-state index contributed by atoms with van der Waals surface area (Å²) in [5.41, 5.74) is 1.39. The van der Waals surface area contributed by atoms with Gasteiger partial charge in [0.05, 0.1) is 11.7 Å². The van der Waals surface area contributed by atoms with Crippen molar-refractivity contribution in [3.8, 4) is 5.69 Å². The molecule has 2 atom stereocenters. The summed E-state index contributed by atoms with van der Waals surface area (Å²) >= 11 is 0. The van der Waals surface area contributed by atoms with Gasteiger partial charge in [0.2, 0.25) is 5.91 Å². The fourth-order valence-electron chi connectivity index (χ4n) is 3.45. The molecule has 1 unspecified atom stereocenters. The molecule has 148 valence electrons. The number of nitrogens with zero attached hydrogens (tertiary/aromatic N) is 4. The first-order chi connectivity index (χ1) is 13.3. The fourth-order valence-corrected chi connectivity index (χ4v) is 3.84. The van der Waals surface area contributed by atoms with Crippen LogP contribution in [0.5, 0.6) is 0 Å². The minimum Gasteiger partial charge on any atom is -0.324 e. The van der Waals surface area contributed by atoms with E-state index in [4.69, 9.17) is 4.55 Å². The second kappa shape index (κ2) is 6.89. The number of piperidine rings is 1. The molecule has 0 spiro atoms. The smallest absolute Gasteiger partial charge is 0.324 e. The highest BCUT2D eigenvalue weighted by Crippen LogP contribution is 2.31. The van der Waals surface area contributed by atoms with Crippen LogP contribution in [-0.4, -0.2) is 63.3 Å². The molecule has 0 aliphatic carbocycles. The van der Waals surface area contributed by atoms with Crippen LogP contribution in [0.25, 0.3) is 5.69 Å². The zero-order valence-electron chi connectivity index (χ0n) is 14.5. The molecule has 2 saturated heterocycles. The first-order valence-corrected chi connectivity index (χ1v) is 9.86. The van der Waals surface area contributed by atoms with Crippen molar-refractivity contribution < 1.29 is 26.8 Å². The summed E-state index contributed by atoms with van der Waals surface area (Å²) in [5.74, 6) is -0.382. The van der Waals surface area contributed by atoms with Gasteiger partial charge in [0.1, 0.15) is 6.04 Å². The largest absolute Gasteiger partial charge is 0.418 e. The normalized spacial score (nSPS) is 21.8. The molecule has 0 saturated carbocycles. The summed E-state index contributed by atoms with van der Waals surface area (Å²) in [7, 11) is -4.82. The predicted molar refractivity (Wildman–Crippen MR) is 95.6 cm³/mol. The van der Waals surface area contributed by atoms with E-state index in [0.29, 0.717) is 23.6 Å². The van der Waals surface area contributed by atoms with E-state index in [1.54, 1.807) is 47.4 Å². The van der Waals surface area contributed by atoms with Crippen molar-refractivity contribution in [2.45, 2.75) is 24.9 Å². The van der Waals surface area contributed by atoms with Gasteiger partial charge in [0, 0.05) is 24.6 Å². The van der Waals surface area contributed by atoms with E-state index in [-0.39, 0.29) is 12.5 Å². The van der Waals surface area contributed by atoms with Gasteiger partial charge in [-0.2, -0.15) is 18.6 Å². The van der Waals surface area contributed by atoms with Gasteiger partial charge in [0.25, 0.3) is 0 Å². The maximum absolute atomic E-state index is 12.7. The van der Waals surface area contributed by atoms with Crippen LogP contribution < -0.4 is 5.32 Å². The number of benzene rings is 1. The van der Waals surface area contributed by atoms with Gasteiger partial charge in [-0.25, -0.2) is 9.48 Å². The van der Waals surface area contributed by atoms with Gasteiger partial charge in [-0.3, -0.25) is 9.35 Å². The number of aromatic nitrogens is 2. The third-order valence-corrected chi connectivity index (χ3v) is 5.05. The SMILES string of the molecule is O=C(Nc1ccc(-n2cccn2)cc1)[C@@H]1CCC2CN1C(=O)N2OS(=O)(=O)O. The third-order valence-electron chi connectivity index (χ3n) is 4.70. The quantitative estimate of drug-likeness (QED) is 0.701. The molecule has 2 aliphatic rings.